The molecule has 1 amide bonds. The molecule has 0 rings (SSSR count). The van der Waals surface area contributed by atoms with Gasteiger partial charge in [0, 0.05) is 12.4 Å². The van der Waals surface area contributed by atoms with E-state index in [0.29, 0.717) is 25.9 Å². The van der Waals surface area contributed by atoms with Crippen LogP contribution in [0.5, 0.6) is 0 Å². The molecule has 26 heavy (non-hydrogen) atoms. The predicted molar refractivity (Wildman–Crippen MR) is 102 cm³/mol. The van der Waals surface area contributed by atoms with Gasteiger partial charge in [-0.3, -0.25) is 0 Å². The lowest BCUT2D eigenvalue weighted by Gasteiger charge is -2.26. The molecule has 0 heterocycles. The van der Waals surface area contributed by atoms with Gasteiger partial charge in [0.2, 0.25) is 0 Å². The van der Waals surface area contributed by atoms with Gasteiger partial charge in [0.25, 0.3) is 0 Å². The number of rotatable bonds is 10. The van der Waals surface area contributed by atoms with Crippen molar-refractivity contribution in [1.82, 2.24) is 10.6 Å². The molecule has 0 aliphatic rings. The Hall–Kier alpha value is -1.05. The summed E-state index contributed by atoms with van der Waals surface area (Å²) < 4.78 is 10.6. The minimum absolute atomic E-state index is 0.188. The third-order valence-electron chi connectivity index (χ3n) is 3.04. The summed E-state index contributed by atoms with van der Waals surface area (Å²) in [6.45, 7) is 11.7. The number of aliphatic hydroxyl groups excluding tert-OH is 1. The minimum atomic E-state index is -0.766. The molecule has 2 atom stereocenters. The number of amides is 1. The van der Waals surface area contributed by atoms with Crippen LogP contribution in [-0.2, 0) is 14.3 Å². The van der Waals surface area contributed by atoms with Crippen LogP contribution in [0, 0.1) is 0 Å². The van der Waals surface area contributed by atoms with Gasteiger partial charge in [-0.15, -0.1) is 11.6 Å². The molecule has 0 fully saturated rings. The fraction of sp³-hybridized carbons (Fsp3) is 0.889. The molecule has 0 aliphatic carbocycles. The number of aliphatic hydroxyl groups is 1. The van der Waals surface area contributed by atoms with E-state index in [0.717, 1.165) is 6.42 Å². The van der Waals surface area contributed by atoms with Crippen LogP contribution in [0.3, 0.4) is 0 Å². The number of nitrogens with one attached hydrogen (secondary N) is 2. The predicted octanol–water partition coefficient (Wildman–Crippen LogP) is 2.58. The Balaban J connectivity index is 4.50. The molecular weight excluding hydrogens is 360 g/mol. The van der Waals surface area contributed by atoms with Gasteiger partial charge in [-0.25, -0.2) is 9.59 Å². The van der Waals surface area contributed by atoms with Crippen molar-refractivity contribution >= 4 is 23.7 Å². The van der Waals surface area contributed by atoms with Gasteiger partial charge in [-0.2, -0.15) is 0 Å². The second-order valence-electron chi connectivity index (χ2n) is 8.24. The molecule has 0 radical (unpaired) electrons. The Kier molecular flexibility index (Phi) is 11.1. The van der Waals surface area contributed by atoms with Crippen molar-refractivity contribution in [1.29, 1.82) is 0 Å². The van der Waals surface area contributed by atoms with Crippen LogP contribution in [0.1, 0.15) is 60.8 Å². The third kappa shape index (κ3) is 14.2. The van der Waals surface area contributed by atoms with E-state index in [1.54, 1.807) is 41.5 Å². The van der Waals surface area contributed by atoms with Crippen LogP contribution in [0.25, 0.3) is 0 Å². The summed E-state index contributed by atoms with van der Waals surface area (Å²) in [5.74, 6) is -0.290. The van der Waals surface area contributed by atoms with E-state index < -0.39 is 35.4 Å². The van der Waals surface area contributed by atoms with Gasteiger partial charge >= 0.3 is 12.1 Å². The number of halogens is 1. The van der Waals surface area contributed by atoms with Crippen LogP contribution in [0.2, 0.25) is 0 Å². The van der Waals surface area contributed by atoms with E-state index in [2.05, 4.69) is 10.6 Å². The van der Waals surface area contributed by atoms with E-state index in [1.807, 2.05) is 0 Å². The van der Waals surface area contributed by atoms with Crippen molar-refractivity contribution < 1.29 is 24.2 Å². The van der Waals surface area contributed by atoms with Gasteiger partial charge in [0.1, 0.15) is 17.2 Å². The number of carbonyl (C=O) groups excluding carboxylic acids is 2. The van der Waals surface area contributed by atoms with Crippen molar-refractivity contribution in [3.63, 3.8) is 0 Å². The standard InChI is InChI=1S/C18H35ClN2O5/c1-17(2,3)25-15(23)14(21-16(24)26-18(4,5)6)9-7-8-10-20-12-13(22)11-19/h13-14,20,22H,7-12H2,1-6H3,(H,21,24)/t13-,14+/m1/s1. The number of alkyl halides is 1. The maximum Gasteiger partial charge on any atom is 0.408 e. The molecule has 8 heteroatoms. The highest BCUT2D eigenvalue weighted by Crippen LogP contribution is 2.13. The van der Waals surface area contributed by atoms with Crippen molar-refractivity contribution in [2.75, 3.05) is 19.0 Å². The zero-order valence-electron chi connectivity index (χ0n) is 16.9. The summed E-state index contributed by atoms with van der Waals surface area (Å²) >= 11 is 5.52. The molecule has 3 N–H and O–H groups in total. The van der Waals surface area contributed by atoms with Crippen LogP contribution in [-0.4, -0.2) is 59.5 Å². The average molecular weight is 395 g/mol. The molecule has 0 saturated heterocycles. The van der Waals surface area contributed by atoms with Crippen LogP contribution >= 0.6 is 11.6 Å². The normalized spacial score (nSPS) is 14.5. The summed E-state index contributed by atoms with van der Waals surface area (Å²) in [5.41, 5.74) is -1.28. The fourth-order valence-corrected chi connectivity index (χ4v) is 2.10. The van der Waals surface area contributed by atoms with Crippen molar-refractivity contribution in [3.05, 3.63) is 0 Å². The molecule has 154 valence electrons. The second kappa shape index (κ2) is 11.6. The molecule has 0 unspecified atom stereocenters. The zero-order chi connectivity index (χ0) is 20.4. The van der Waals surface area contributed by atoms with Crippen molar-refractivity contribution in [2.24, 2.45) is 0 Å². The first-order valence-electron chi connectivity index (χ1n) is 9.01. The molecule has 0 aromatic carbocycles. The lowest BCUT2D eigenvalue weighted by atomic mass is 10.1. The van der Waals surface area contributed by atoms with E-state index in [4.69, 9.17) is 21.1 Å². The number of ether oxygens (including phenoxy) is 2. The molecule has 0 aliphatic heterocycles. The monoisotopic (exact) mass is 394 g/mol. The molecule has 0 aromatic rings. The summed E-state index contributed by atoms with van der Waals surface area (Å²) in [7, 11) is 0. The molecule has 0 bridgehead atoms. The average Bonchev–Trinajstić information content (AvgIpc) is 2.45. The number of unbranched alkanes of at least 4 members (excludes halogenated alkanes) is 1. The minimum Gasteiger partial charge on any atom is -0.458 e. The molecule has 7 nitrogen and oxygen atoms in total. The lowest BCUT2D eigenvalue weighted by molar-refractivity contribution is -0.157. The first-order chi connectivity index (χ1) is 11.8. The molecule has 0 saturated carbocycles. The van der Waals surface area contributed by atoms with E-state index in [1.165, 1.54) is 0 Å². The van der Waals surface area contributed by atoms with Gasteiger partial charge in [0.05, 0.1) is 6.10 Å². The first kappa shape index (κ1) is 24.9. The molecule has 0 spiro atoms. The number of carbonyl (C=O) groups is 2. The van der Waals surface area contributed by atoms with E-state index in [-0.39, 0.29) is 5.88 Å². The summed E-state index contributed by atoms with van der Waals surface area (Å²) in [4.78, 5) is 24.3. The first-order valence-corrected chi connectivity index (χ1v) is 9.54. The third-order valence-corrected chi connectivity index (χ3v) is 3.39. The quantitative estimate of drug-likeness (QED) is 0.299. The maximum absolute atomic E-state index is 12.4. The zero-order valence-corrected chi connectivity index (χ0v) is 17.6. The maximum atomic E-state index is 12.4. The highest BCUT2D eigenvalue weighted by atomic mass is 35.5. The number of hydrogen-bond donors (Lipinski definition) is 3. The Morgan fingerprint density at radius 2 is 1.62 bits per heavy atom. The van der Waals surface area contributed by atoms with Crippen molar-refractivity contribution in [2.45, 2.75) is 84.2 Å². The topological polar surface area (TPSA) is 96.9 Å². The smallest absolute Gasteiger partial charge is 0.408 e. The Bertz CT molecular complexity index is 432. The number of esters is 1. The van der Waals surface area contributed by atoms with Crippen LogP contribution in [0.4, 0.5) is 4.79 Å². The van der Waals surface area contributed by atoms with Crippen molar-refractivity contribution in [3.8, 4) is 0 Å². The lowest BCUT2D eigenvalue weighted by Crippen LogP contribution is -2.46. The molecular formula is C18H35ClN2O5. The Morgan fingerprint density at radius 1 is 1.04 bits per heavy atom. The number of alkyl carbamates (subject to hydrolysis) is 1. The van der Waals surface area contributed by atoms with Gasteiger partial charge in [0.15, 0.2) is 0 Å². The van der Waals surface area contributed by atoms with Crippen LogP contribution in [0.15, 0.2) is 0 Å². The van der Waals surface area contributed by atoms with Gasteiger partial charge in [-0.05, 0) is 67.3 Å². The summed E-state index contributed by atoms with van der Waals surface area (Å²) in [5, 5.41) is 15.0. The second-order valence-corrected chi connectivity index (χ2v) is 8.55. The van der Waals surface area contributed by atoms with E-state index in [9.17, 15) is 14.7 Å². The summed E-state index contributed by atoms with van der Waals surface area (Å²) in [6.07, 6.45) is 0.707. The number of hydrogen-bond acceptors (Lipinski definition) is 6. The SMILES string of the molecule is CC(C)(C)OC(=O)N[C@@H](CCCCNC[C@H](O)CCl)C(=O)OC(C)(C)C. The van der Waals surface area contributed by atoms with Gasteiger partial charge in [-0.1, -0.05) is 0 Å². The Morgan fingerprint density at radius 3 is 2.12 bits per heavy atom. The van der Waals surface area contributed by atoms with E-state index >= 15 is 0 Å². The largest absolute Gasteiger partial charge is 0.458 e. The highest BCUT2D eigenvalue weighted by molar-refractivity contribution is 6.18. The van der Waals surface area contributed by atoms with Crippen LogP contribution < -0.4 is 10.6 Å². The summed E-state index contributed by atoms with van der Waals surface area (Å²) in [6, 6.07) is -0.766. The molecule has 0 aromatic heterocycles. The highest BCUT2D eigenvalue weighted by Gasteiger charge is 2.28. The Labute approximate surface area is 162 Å². The van der Waals surface area contributed by atoms with Gasteiger partial charge < -0.3 is 25.2 Å². The fourth-order valence-electron chi connectivity index (χ4n) is 1.99.